The van der Waals surface area contributed by atoms with Crippen LogP contribution >= 0.6 is 12.6 Å². The molecule has 0 aromatic heterocycles. The summed E-state index contributed by atoms with van der Waals surface area (Å²) < 4.78 is 0. The highest BCUT2D eigenvalue weighted by Gasteiger charge is 2.40. The number of nitrogens with one attached hydrogen (secondary N) is 1. The highest BCUT2D eigenvalue weighted by Crippen LogP contribution is 2.43. The van der Waals surface area contributed by atoms with Gasteiger partial charge in [0.1, 0.15) is 0 Å². The van der Waals surface area contributed by atoms with Crippen molar-refractivity contribution in [2.24, 2.45) is 0 Å². The molecule has 0 spiro atoms. The highest BCUT2D eigenvalue weighted by molar-refractivity contribution is 7.96. The predicted molar refractivity (Wildman–Crippen MR) is 115 cm³/mol. The maximum Gasteiger partial charge on any atom is 0.217 e. The highest BCUT2D eigenvalue weighted by atomic mass is 32.1. The van der Waals surface area contributed by atoms with Gasteiger partial charge < -0.3 is 5.32 Å². The summed E-state index contributed by atoms with van der Waals surface area (Å²) in [7, 11) is 0. The molecule has 3 aromatic carbocycles. The molecule has 0 radical (unpaired) electrons. The molecular weight excluding hydrogens is 366 g/mol. The lowest BCUT2D eigenvalue weighted by Crippen LogP contribution is -2.44. The minimum Gasteiger partial charge on any atom is -0.346 e. The van der Waals surface area contributed by atoms with Crippen LogP contribution in [0.25, 0.3) is 0 Å². The third-order valence-corrected chi connectivity index (χ3v) is 5.30. The molecule has 28 heavy (non-hydrogen) atoms. The van der Waals surface area contributed by atoms with Crippen LogP contribution in [0.4, 0.5) is 0 Å². The third-order valence-electron chi connectivity index (χ3n) is 4.99. The van der Waals surface area contributed by atoms with Crippen LogP contribution in [0.15, 0.2) is 91.0 Å². The molecule has 0 fully saturated rings. The van der Waals surface area contributed by atoms with E-state index in [-0.39, 0.29) is 11.0 Å². The van der Waals surface area contributed by atoms with Gasteiger partial charge in [-0.15, -0.1) is 12.6 Å². The van der Waals surface area contributed by atoms with Gasteiger partial charge in [0.15, 0.2) is 0 Å². The first-order valence-corrected chi connectivity index (χ1v) is 9.65. The third kappa shape index (κ3) is 4.18. The first-order chi connectivity index (χ1) is 13.5. The molecule has 0 heterocycles. The molecule has 1 amide bonds. The van der Waals surface area contributed by atoms with E-state index in [9.17, 15) is 9.59 Å². The number of hydrogen-bond donors (Lipinski definition) is 2. The van der Waals surface area contributed by atoms with Crippen molar-refractivity contribution in [2.75, 3.05) is 0 Å². The Hall–Kier alpha value is -2.85. The van der Waals surface area contributed by atoms with Gasteiger partial charge in [0, 0.05) is 12.3 Å². The molecule has 3 nitrogen and oxygen atoms in total. The second-order valence-electron chi connectivity index (χ2n) is 6.80. The number of amides is 1. The Bertz CT molecular complexity index is 830. The van der Waals surface area contributed by atoms with Crippen molar-refractivity contribution in [3.05, 3.63) is 108 Å². The van der Waals surface area contributed by atoms with E-state index >= 15 is 0 Å². The average Bonchev–Trinajstić information content (AvgIpc) is 2.72. The van der Waals surface area contributed by atoms with E-state index in [0.717, 1.165) is 16.7 Å². The molecule has 1 unspecified atom stereocenters. The zero-order valence-electron chi connectivity index (χ0n) is 15.7. The van der Waals surface area contributed by atoms with Crippen LogP contribution in [-0.2, 0) is 15.0 Å². The van der Waals surface area contributed by atoms with Crippen LogP contribution in [0.3, 0.4) is 0 Å². The fraction of sp³-hybridized carbons (Fsp3) is 0.167. The van der Waals surface area contributed by atoms with Gasteiger partial charge in [-0.3, -0.25) is 9.59 Å². The number of benzene rings is 3. The fourth-order valence-electron chi connectivity index (χ4n) is 3.77. The minimum atomic E-state index is -0.721. The first kappa shape index (κ1) is 19.9. The summed E-state index contributed by atoms with van der Waals surface area (Å²) in [4.78, 5) is 24.1. The van der Waals surface area contributed by atoms with Gasteiger partial charge >= 0.3 is 0 Å². The largest absolute Gasteiger partial charge is 0.346 e. The Balaban J connectivity index is 2.27. The molecule has 142 valence electrons. The Kier molecular flexibility index (Phi) is 6.32. The van der Waals surface area contributed by atoms with Crippen molar-refractivity contribution in [1.29, 1.82) is 0 Å². The Morgan fingerprint density at radius 3 is 1.43 bits per heavy atom. The summed E-state index contributed by atoms with van der Waals surface area (Å²) in [5.41, 5.74) is 2.54. The molecule has 3 aromatic rings. The molecule has 4 heteroatoms. The lowest BCUT2D eigenvalue weighted by molar-refractivity contribution is -0.123. The molecule has 3 rings (SSSR count). The van der Waals surface area contributed by atoms with Gasteiger partial charge in [-0.1, -0.05) is 91.0 Å². The van der Waals surface area contributed by atoms with E-state index in [4.69, 9.17) is 0 Å². The van der Waals surface area contributed by atoms with Gasteiger partial charge in [0.25, 0.3) is 0 Å². The van der Waals surface area contributed by atoms with Gasteiger partial charge in [0.2, 0.25) is 11.0 Å². The summed E-state index contributed by atoms with van der Waals surface area (Å²) >= 11 is 4.06. The topological polar surface area (TPSA) is 46.2 Å². The molecule has 0 aliphatic heterocycles. The number of carbonyl (C=O) groups excluding carboxylic acids is 2. The second kappa shape index (κ2) is 8.89. The van der Waals surface area contributed by atoms with E-state index in [1.165, 1.54) is 6.92 Å². The molecule has 0 aliphatic carbocycles. The second-order valence-corrected chi connectivity index (χ2v) is 7.24. The van der Waals surface area contributed by atoms with Crippen molar-refractivity contribution in [2.45, 2.75) is 24.8 Å². The van der Waals surface area contributed by atoms with Gasteiger partial charge in [0.05, 0.1) is 6.04 Å². The Morgan fingerprint density at radius 1 is 0.786 bits per heavy atom. The van der Waals surface area contributed by atoms with Crippen LogP contribution in [0.1, 0.15) is 30.0 Å². The standard InChI is InChI=1S/C24H23NO2S/c1-18(26)25-22(23(27)28)17-24(19-11-5-2-6-12-19,20-13-7-3-8-14-20)21-15-9-4-10-16-21/h2-16,22H,17H2,1H3,(H,25,26)(H,27,28). The predicted octanol–water partition coefficient (Wildman–Crippen LogP) is 4.37. The average molecular weight is 390 g/mol. The summed E-state index contributed by atoms with van der Waals surface area (Å²) in [5, 5.41) is 2.42. The summed E-state index contributed by atoms with van der Waals surface area (Å²) in [6.45, 7) is 1.42. The maximum atomic E-state index is 12.3. The molecule has 0 saturated carbocycles. The maximum absolute atomic E-state index is 12.3. The summed E-state index contributed by atoms with van der Waals surface area (Å²) in [6.07, 6.45) is 0.368. The van der Waals surface area contributed by atoms with E-state index in [1.807, 2.05) is 54.6 Å². The summed E-state index contributed by atoms with van der Waals surface area (Å²) in [5.74, 6) is -0.254. The molecule has 0 bridgehead atoms. The van der Waals surface area contributed by atoms with Crippen molar-refractivity contribution >= 4 is 23.7 Å². The van der Waals surface area contributed by atoms with Gasteiger partial charge in [-0.05, 0) is 23.1 Å². The number of rotatable bonds is 7. The van der Waals surface area contributed by atoms with E-state index in [2.05, 4.69) is 54.3 Å². The summed E-state index contributed by atoms with van der Waals surface area (Å²) in [6, 6.07) is 29.5. The molecule has 0 saturated heterocycles. The fourth-order valence-corrected chi connectivity index (χ4v) is 3.93. The number of hydrogen-bond acceptors (Lipinski definition) is 2. The van der Waals surface area contributed by atoms with Crippen molar-refractivity contribution in [1.82, 2.24) is 5.32 Å². The number of carbonyl (C=O) groups is 2. The van der Waals surface area contributed by atoms with Crippen LogP contribution in [0.2, 0.25) is 0 Å². The zero-order valence-corrected chi connectivity index (χ0v) is 16.6. The molecular formula is C24H23NO2S. The first-order valence-electron chi connectivity index (χ1n) is 9.20. The minimum absolute atomic E-state index is 0.254. The van der Waals surface area contributed by atoms with E-state index in [1.54, 1.807) is 0 Å². The monoisotopic (exact) mass is 389 g/mol. The van der Waals surface area contributed by atoms with Crippen LogP contribution in [0, 0.1) is 0 Å². The molecule has 1 N–H and O–H groups in total. The lowest BCUT2D eigenvalue weighted by Gasteiger charge is -2.38. The molecule has 1 atom stereocenters. The Morgan fingerprint density at radius 2 is 1.14 bits per heavy atom. The van der Waals surface area contributed by atoms with Crippen molar-refractivity contribution in [3.8, 4) is 0 Å². The SMILES string of the molecule is CC(=O)NC(CC(c1ccccc1)(c1ccccc1)c1ccccc1)C(=O)S. The lowest BCUT2D eigenvalue weighted by atomic mass is 9.66. The van der Waals surface area contributed by atoms with Gasteiger partial charge in [-0.2, -0.15) is 0 Å². The van der Waals surface area contributed by atoms with Crippen LogP contribution in [0.5, 0.6) is 0 Å². The molecule has 0 aliphatic rings. The van der Waals surface area contributed by atoms with Crippen LogP contribution in [-0.4, -0.2) is 17.1 Å². The Labute approximate surface area is 171 Å². The van der Waals surface area contributed by atoms with E-state index in [0.29, 0.717) is 6.42 Å². The number of thiol groups is 1. The zero-order chi connectivity index (χ0) is 20.0. The van der Waals surface area contributed by atoms with Gasteiger partial charge in [-0.25, -0.2) is 0 Å². The normalized spacial score (nSPS) is 12.2. The van der Waals surface area contributed by atoms with Crippen LogP contribution < -0.4 is 5.32 Å². The van der Waals surface area contributed by atoms with Crippen molar-refractivity contribution in [3.63, 3.8) is 0 Å². The van der Waals surface area contributed by atoms with E-state index < -0.39 is 11.5 Å². The van der Waals surface area contributed by atoms with Crippen molar-refractivity contribution < 1.29 is 9.59 Å². The smallest absolute Gasteiger partial charge is 0.217 e. The quantitative estimate of drug-likeness (QED) is 0.466.